The van der Waals surface area contributed by atoms with Gasteiger partial charge >= 0.3 is 0 Å². The van der Waals surface area contributed by atoms with E-state index in [2.05, 4.69) is 28.9 Å². The Morgan fingerprint density at radius 3 is 2.52 bits per heavy atom. The maximum absolute atomic E-state index is 13.2. The fourth-order valence-corrected chi connectivity index (χ4v) is 4.48. The minimum atomic E-state index is -0.193. The van der Waals surface area contributed by atoms with Crippen molar-refractivity contribution < 1.29 is 9.18 Å². The lowest BCUT2D eigenvalue weighted by atomic mass is 10.1. The minimum absolute atomic E-state index is 0.152. The molecule has 2 fully saturated rings. The van der Waals surface area contributed by atoms with E-state index in [1.165, 1.54) is 17.8 Å². The molecule has 1 aromatic carbocycles. The van der Waals surface area contributed by atoms with Crippen molar-refractivity contribution in [1.29, 1.82) is 0 Å². The molecule has 2 aliphatic heterocycles. The number of carbonyl (C=O) groups is 1. The summed E-state index contributed by atoms with van der Waals surface area (Å²) >= 11 is 0. The zero-order valence-corrected chi connectivity index (χ0v) is 17.3. The number of rotatable bonds is 4. The Hall–Kier alpha value is -2.47. The van der Waals surface area contributed by atoms with E-state index in [0.717, 1.165) is 69.1 Å². The van der Waals surface area contributed by atoms with Gasteiger partial charge in [-0.25, -0.2) is 4.39 Å². The molecule has 5 nitrogen and oxygen atoms in total. The van der Waals surface area contributed by atoms with Crippen molar-refractivity contribution >= 4 is 11.6 Å². The third-order valence-corrected chi connectivity index (χ3v) is 6.05. The second-order valence-electron chi connectivity index (χ2n) is 8.14. The summed E-state index contributed by atoms with van der Waals surface area (Å²) in [5.74, 6) is -0.0415. The van der Waals surface area contributed by atoms with Crippen molar-refractivity contribution in [3.05, 3.63) is 59.2 Å². The molecule has 2 aromatic rings. The predicted octanol–water partition coefficient (Wildman–Crippen LogP) is 3.53. The third kappa shape index (κ3) is 4.58. The van der Waals surface area contributed by atoms with E-state index in [4.69, 9.17) is 4.98 Å². The van der Waals surface area contributed by atoms with Crippen LogP contribution in [-0.4, -0.2) is 53.4 Å². The van der Waals surface area contributed by atoms with Crippen LogP contribution in [0.1, 0.15) is 42.8 Å². The number of anilines is 1. The summed E-state index contributed by atoms with van der Waals surface area (Å²) < 4.78 is 13.2. The molecule has 29 heavy (non-hydrogen) atoms. The first-order chi connectivity index (χ1) is 14.0. The molecule has 2 aliphatic rings. The highest BCUT2D eigenvalue weighted by Crippen LogP contribution is 2.34. The summed E-state index contributed by atoms with van der Waals surface area (Å²) in [6.45, 7) is 8.78. The van der Waals surface area contributed by atoms with Gasteiger partial charge in [0.05, 0.1) is 11.7 Å². The number of pyridine rings is 1. The smallest absolute Gasteiger partial charge is 0.219 e. The quantitative estimate of drug-likeness (QED) is 0.793. The molecule has 3 heterocycles. The molecule has 0 spiro atoms. The molecule has 0 N–H and O–H groups in total. The maximum atomic E-state index is 13.2. The Labute approximate surface area is 172 Å². The molecule has 2 saturated heterocycles. The predicted molar refractivity (Wildman–Crippen MR) is 112 cm³/mol. The molecule has 0 saturated carbocycles. The monoisotopic (exact) mass is 396 g/mol. The number of nitrogens with zero attached hydrogens (tertiary/aromatic N) is 4. The summed E-state index contributed by atoms with van der Waals surface area (Å²) in [7, 11) is 0. The number of aryl methyl sites for hydroxylation is 1. The van der Waals surface area contributed by atoms with Crippen molar-refractivity contribution in [1.82, 2.24) is 14.8 Å². The number of hydrogen-bond acceptors (Lipinski definition) is 4. The number of likely N-dealkylation sites (tertiary alicyclic amines) is 1. The fourth-order valence-electron chi connectivity index (χ4n) is 4.48. The zero-order valence-electron chi connectivity index (χ0n) is 17.3. The standard InChI is InChI=1S/C23H29FN4O/c1-17-14-21(27-12-10-26(11-13-27)18(2)29)15-22(25-17)23-4-3-9-28(23)16-19-5-7-20(24)8-6-19/h5-8,14-15,23H,3-4,9-13,16H2,1-2H3/t23-/m1/s1. The van der Waals surface area contributed by atoms with Crippen LogP contribution in [0.25, 0.3) is 0 Å². The van der Waals surface area contributed by atoms with Crippen LogP contribution < -0.4 is 4.90 Å². The zero-order chi connectivity index (χ0) is 20.4. The van der Waals surface area contributed by atoms with Gasteiger partial charge in [0.15, 0.2) is 0 Å². The van der Waals surface area contributed by atoms with E-state index in [0.29, 0.717) is 0 Å². The van der Waals surface area contributed by atoms with Gasteiger partial charge in [-0.2, -0.15) is 0 Å². The summed E-state index contributed by atoms with van der Waals surface area (Å²) in [5, 5.41) is 0. The molecule has 1 aromatic heterocycles. The summed E-state index contributed by atoms with van der Waals surface area (Å²) in [6, 6.07) is 11.5. The lowest BCUT2D eigenvalue weighted by Gasteiger charge is -2.36. The van der Waals surface area contributed by atoms with Gasteiger partial charge in [0.2, 0.25) is 5.91 Å². The maximum Gasteiger partial charge on any atom is 0.219 e. The molecule has 0 aliphatic carbocycles. The molecule has 1 atom stereocenters. The van der Waals surface area contributed by atoms with Gasteiger partial charge in [-0.15, -0.1) is 0 Å². The molecule has 154 valence electrons. The Bertz CT molecular complexity index is 862. The van der Waals surface area contributed by atoms with Crippen molar-refractivity contribution in [2.45, 2.75) is 39.3 Å². The average molecular weight is 397 g/mol. The lowest BCUT2D eigenvalue weighted by molar-refractivity contribution is -0.129. The molecule has 0 unspecified atom stereocenters. The van der Waals surface area contributed by atoms with Crippen LogP contribution in [-0.2, 0) is 11.3 Å². The van der Waals surface area contributed by atoms with Crippen LogP contribution in [0.4, 0.5) is 10.1 Å². The summed E-state index contributed by atoms with van der Waals surface area (Å²) in [6.07, 6.45) is 2.24. The second kappa shape index (κ2) is 8.49. The van der Waals surface area contributed by atoms with Crippen LogP contribution in [0, 0.1) is 12.7 Å². The number of aromatic nitrogens is 1. The highest BCUT2D eigenvalue weighted by molar-refractivity contribution is 5.73. The average Bonchev–Trinajstić information content (AvgIpc) is 3.17. The van der Waals surface area contributed by atoms with Crippen LogP contribution in [0.15, 0.2) is 36.4 Å². The Kier molecular flexibility index (Phi) is 5.81. The number of amides is 1. The van der Waals surface area contributed by atoms with Gasteiger partial charge in [-0.05, 0) is 56.1 Å². The van der Waals surface area contributed by atoms with Crippen LogP contribution in [0.2, 0.25) is 0 Å². The summed E-state index contributed by atoms with van der Waals surface area (Å²) in [5.41, 5.74) is 4.48. The van der Waals surface area contributed by atoms with Crippen LogP contribution in [0.5, 0.6) is 0 Å². The van der Waals surface area contributed by atoms with Crippen molar-refractivity contribution in [3.8, 4) is 0 Å². The van der Waals surface area contributed by atoms with E-state index >= 15 is 0 Å². The first kappa shape index (κ1) is 19.8. The lowest BCUT2D eigenvalue weighted by Crippen LogP contribution is -2.48. The minimum Gasteiger partial charge on any atom is -0.368 e. The number of benzene rings is 1. The Morgan fingerprint density at radius 1 is 1.10 bits per heavy atom. The highest BCUT2D eigenvalue weighted by Gasteiger charge is 2.28. The van der Waals surface area contributed by atoms with Gasteiger partial charge < -0.3 is 9.80 Å². The second-order valence-corrected chi connectivity index (χ2v) is 8.14. The van der Waals surface area contributed by atoms with Gasteiger partial charge in [0.25, 0.3) is 0 Å². The molecule has 0 bridgehead atoms. The largest absolute Gasteiger partial charge is 0.368 e. The van der Waals surface area contributed by atoms with E-state index < -0.39 is 0 Å². The number of halogens is 1. The molecule has 6 heteroatoms. The molecule has 1 amide bonds. The molecular formula is C23H29FN4O. The van der Waals surface area contributed by atoms with Gasteiger partial charge in [-0.3, -0.25) is 14.7 Å². The Balaban J connectivity index is 1.50. The first-order valence-electron chi connectivity index (χ1n) is 10.5. The van der Waals surface area contributed by atoms with Crippen molar-refractivity contribution in [2.24, 2.45) is 0 Å². The third-order valence-electron chi connectivity index (χ3n) is 6.05. The van der Waals surface area contributed by atoms with Crippen LogP contribution >= 0.6 is 0 Å². The number of hydrogen-bond donors (Lipinski definition) is 0. The van der Waals surface area contributed by atoms with Gasteiger partial charge in [-0.1, -0.05) is 12.1 Å². The number of piperazine rings is 1. The molecular weight excluding hydrogens is 367 g/mol. The molecule has 0 radical (unpaired) electrons. The first-order valence-corrected chi connectivity index (χ1v) is 10.5. The van der Waals surface area contributed by atoms with E-state index in [-0.39, 0.29) is 17.8 Å². The normalized spacial score (nSPS) is 20.3. The van der Waals surface area contributed by atoms with E-state index in [9.17, 15) is 9.18 Å². The van der Waals surface area contributed by atoms with Gasteiger partial charge in [0.1, 0.15) is 5.82 Å². The topological polar surface area (TPSA) is 39.7 Å². The van der Waals surface area contributed by atoms with Crippen molar-refractivity contribution in [2.75, 3.05) is 37.6 Å². The van der Waals surface area contributed by atoms with E-state index in [1.54, 1.807) is 6.92 Å². The SMILES string of the molecule is CC(=O)N1CCN(c2cc(C)nc([C@H]3CCCN3Cc3ccc(F)cc3)c2)CC1. The summed E-state index contributed by atoms with van der Waals surface area (Å²) in [4.78, 5) is 23.2. The van der Waals surface area contributed by atoms with Crippen LogP contribution in [0.3, 0.4) is 0 Å². The Morgan fingerprint density at radius 2 is 1.83 bits per heavy atom. The number of carbonyl (C=O) groups excluding carboxylic acids is 1. The van der Waals surface area contributed by atoms with E-state index in [1.807, 2.05) is 17.0 Å². The fraction of sp³-hybridized carbons (Fsp3) is 0.478. The molecule has 4 rings (SSSR count). The van der Waals surface area contributed by atoms with Crippen molar-refractivity contribution in [3.63, 3.8) is 0 Å². The highest BCUT2D eigenvalue weighted by atomic mass is 19.1. The van der Waals surface area contributed by atoms with Gasteiger partial charge in [0, 0.05) is 51.0 Å².